The van der Waals surface area contributed by atoms with Crippen LogP contribution < -0.4 is 10.0 Å². The van der Waals surface area contributed by atoms with Gasteiger partial charge in [0.25, 0.3) is 0 Å². The van der Waals surface area contributed by atoms with Crippen molar-refractivity contribution in [3.8, 4) is 0 Å². The third-order valence-electron chi connectivity index (χ3n) is 3.38. The number of carbonyl (C=O) groups is 1. The summed E-state index contributed by atoms with van der Waals surface area (Å²) < 4.78 is 24.7. The molecule has 6 nitrogen and oxygen atoms in total. The first-order valence-corrected chi connectivity index (χ1v) is 10.8. The molecule has 0 aliphatic rings. The van der Waals surface area contributed by atoms with Crippen molar-refractivity contribution in [3.05, 3.63) is 45.9 Å². The molecule has 0 aliphatic carbocycles. The van der Waals surface area contributed by atoms with Gasteiger partial charge in [0.1, 0.15) is 0 Å². The molecule has 0 unspecified atom stereocenters. The average molecular weight is 402 g/mol. The molecular formula is C16H20ClN3O3S2. The zero-order valence-corrected chi connectivity index (χ0v) is 16.5. The summed E-state index contributed by atoms with van der Waals surface area (Å²) in [5.41, 5.74) is 1.50. The second kappa shape index (κ2) is 8.16. The van der Waals surface area contributed by atoms with Crippen LogP contribution in [0.5, 0.6) is 0 Å². The fourth-order valence-electron chi connectivity index (χ4n) is 2.29. The van der Waals surface area contributed by atoms with Gasteiger partial charge in [-0.2, -0.15) is 0 Å². The summed E-state index contributed by atoms with van der Waals surface area (Å²) in [5.74, 6) is 0.0212. The largest absolute Gasteiger partial charge is 0.349 e. The van der Waals surface area contributed by atoms with E-state index in [1.165, 1.54) is 0 Å². The highest BCUT2D eigenvalue weighted by Gasteiger charge is 2.19. The smallest absolute Gasteiger partial charge is 0.231 e. The van der Waals surface area contributed by atoms with Crippen molar-refractivity contribution in [1.82, 2.24) is 10.3 Å². The number of nitrogens with zero attached hydrogens (tertiary/aromatic N) is 1. The number of rotatable bonds is 7. The normalized spacial score (nSPS) is 12.8. The minimum absolute atomic E-state index is 0.0821. The summed E-state index contributed by atoms with van der Waals surface area (Å²) in [6.07, 6.45) is 1.14. The van der Waals surface area contributed by atoms with E-state index in [1.54, 1.807) is 17.5 Å². The maximum atomic E-state index is 12.4. The molecule has 1 heterocycles. The van der Waals surface area contributed by atoms with E-state index in [1.807, 2.05) is 26.0 Å². The van der Waals surface area contributed by atoms with Crippen LogP contribution in [0.3, 0.4) is 0 Å². The van der Waals surface area contributed by atoms with Crippen LogP contribution in [0.15, 0.2) is 29.6 Å². The third kappa shape index (κ3) is 6.30. The highest BCUT2D eigenvalue weighted by molar-refractivity contribution is 7.92. The maximum absolute atomic E-state index is 12.4. The number of amides is 1. The van der Waals surface area contributed by atoms with Gasteiger partial charge in [-0.3, -0.25) is 9.52 Å². The number of halogens is 1. The van der Waals surface area contributed by atoms with Crippen LogP contribution >= 0.6 is 22.9 Å². The predicted octanol–water partition coefficient (Wildman–Crippen LogP) is 3.22. The van der Waals surface area contributed by atoms with Gasteiger partial charge in [-0.1, -0.05) is 37.6 Å². The van der Waals surface area contributed by atoms with Crippen LogP contribution in [0.1, 0.15) is 31.1 Å². The van der Waals surface area contributed by atoms with Gasteiger partial charge in [-0.05, 0) is 23.6 Å². The molecule has 2 rings (SSSR count). The quantitative estimate of drug-likeness (QED) is 0.745. The van der Waals surface area contributed by atoms with Gasteiger partial charge in [0, 0.05) is 10.4 Å². The molecular weight excluding hydrogens is 382 g/mol. The number of hydrogen-bond donors (Lipinski definition) is 2. The first-order chi connectivity index (χ1) is 11.6. The Morgan fingerprint density at radius 3 is 2.48 bits per heavy atom. The maximum Gasteiger partial charge on any atom is 0.231 e. The Morgan fingerprint density at radius 1 is 1.28 bits per heavy atom. The molecule has 1 aromatic carbocycles. The van der Waals surface area contributed by atoms with E-state index in [4.69, 9.17) is 11.6 Å². The summed E-state index contributed by atoms with van der Waals surface area (Å²) in [6, 6.07) is 7.23. The topological polar surface area (TPSA) is 88.2 Å². The van der Waals surface area contributed by atoms with Crippen molar-refractivity contribution in [2.75, 3.05) is 11.0 Å². The number of carbonyl (C=O) groups excluding carboxylic acids is 1. The van der Waals surface area contributed by atoms with Gasteiger partial charge in [-0.15, -0.1) is 11.3 Å². The van der Waals surface area contributed by atoms with Crippen LogP contribution in [0.25, 0.3) is 0 Å². The minimum atomic E-state index is -3.38. The Hall–Kier alpha value is -1.64. The fourth-order valence-corrected chi connectivity index (χ4v) is 3.98. The standard InChI is InChI=1S/C16H20ClN3O3S2/c1-10(2)15(11-4-6-12(17)7-5-11)19-14(21)8-13-9-24-16(18-13)20-25(3,22)23/h4-7,9-10,15H,8H2,1-3H3,(H,18,20)(H,19,21)/t15-/m1/s1. The molecule has 0 bridgehead atoms. The van der Waals surface area contributed by atoms with E-state index in [2.05, 4.69) is 15.0 Å². The fraction of sp³-hybridized carbons (Fsp3) is 0.375. The predicted molar refractivity (Wildman–Crippen MR) is 101 cm³/mol. The summed E-state index contributed by atoms with van der Waals surface area (Å²) in [5, 5.41) is 5.57. The first-order valence-electron chi connectivity index (χ1n) is 7.61. The zero-order valence-electron chi connectivity index (χ0n) is 14.1. The second-order valence-corrected chi connectivity index (χ2v) is 9.08. The highest BCUT2D eigenvalue weighted by Crippen LogP contribution is 2.24. The van der Waals surface area contributed by atoms with Crippen molar-refractivity contribution in [2.24, 2.45) is 5.92 Å². The van der Waals surface area contributed by atoms with Crippen LogP contribution in [0.4, 0.5) is 5.13 Å². The van der Waals surface area contributed by atoms with E-state index in [0.717, 1.165) is 23.2 Å². The molecule has 0 spiro atoms. The van der Waals surface area contributed by atoms with Crippen molar-refractivity contribution < 1.29 is 13.2 Å². The summed E-state index contributed by atoms with van der Waals surface area (Å²) in [4.78, 5) is 16.5. The van der Waals surface area contributed by atoms with Crippen LogP contribution in [-0.2, 0) is 21.2 Å². The van der Waals surface area contributed by atoms with E-state index in [-0.39, 0.29) is 29.4 Å². The van der Waals surface area contributed by atoms with Crippen LogP contribution in [0.2, 0.25) is 5.02 Å². The monoisotopic (exact) mass is 401 g/mol. The average Bonchev–Trinajstić information content (AvgIpc) is 2.90. The molecule has 2 N–H and O–H groups in total. The van der Waals surface area contributed by atoms with Gasteiger partial charge < -0.3 is 5.32 Å². The van der Waals surface area contributed by atoms with Gasteiger partial charge in [0.15, 0.2) is 5.13 Å². The molecule has 2 aromatic rings. The molecule has 0 aliphatic heterocycles. The number of sulfonamides is 1. The lowest BCUT2D eigenvalue weighted by Crippen LogP contribution is -2.32. The SMILES string of the molecule is CC(C)[C@@H](NC(=O)Cc1csc(NS(C)(=O)=O)n1)c1ccc(Cl)cc1. The Morgan fingerprint density at radius 2 is 1.92 bits per heavy atom. The number of nitrogens with one attached hydrogen (secondary N) is 2. The van der Waals surface area contributed by atoms with E-state index < -0.39 is 10.0 Å². The van der Waals surface area contributed by atoms with E-state index >= 15 is 0 Å². The Kier molecular flexibility index (Phi) is 6.42. The molecule has 0 fully saturated rings. The Labute approximate surface area is 156 Å². The summed E-state index contributed by atoms with van der Waals surface area (Å²) in [6.45, 7) is 4.05. The molecule has 0 saturated carbocycles. The molecule has 9 heteroatoms. The molecule has 136 valence electrons. The van der Waals surface area contributed by atoms with Gasteiger partial charge >= 0.3 is 0 Å². The molecule has 1 amide bonds. The second-order valence-electron chi connectivity index (χ2n) is 6.04. The molecule has 0 saturated heterocycles. The Balaban J connectivity index is 2.03. The number of anilines is 1. The van der Waals surface area contributed by atoms with Crippen molar-refractivity contribution in [3.63, 3.8) is 0 Å². The van der Waals surface area contributed by atoms with Crippen LogP contribution in [-0.4, -0.2) is 25.6 Å². The molecule has 1 aromatic heterocycles. The number of thiazole rings is 1. The lowest BCUT2D eigenvalue weighted by molar-refractivity contribution is -0.121. The van der Waals surface area contributed by atoms with Crippen LogP contribution in [0, 0.1) is 5.92 Å². The van der Waals surface area contributed by atoms with Crippen molar-refractivity contribution >= 4 is 44.0 Å². The molecule has 0 radical (unpaired) electrons. The molecule has 1 atom stereocenters. The summed E-state index contributed by atoms with van der Waals surface area (Å²) >= 11 is 7.06. The lowest BCUT2D eigenvalue weighted by Gasteiger charge is -2.23. The van der Waals surface area contributed by atoms with Gasteiger partial charge in [0.2, 0.25) is 15.9 Å². The van der Waals surface area contributed by atoms with Gasteiger partial charge in [-0.25, -0.2) is 13.4 Å². The van der Waals surface area contributed by atoms with Gasteiger partial charge in [0.05, 0.1) is 24.4 Å². The highest BCUT2D eigenvalue weighted by atomic mass is 35.5. The summed E-state index contributed by atoms with van der Waals surface area (Å²) in [7, 11) is -3.38. The minimum Gasteiger partial charge on any atom is -0.349 e. The molecule has 25 heavy (non-hydrogen) atoms. The van der Waals surface area contributed by atoms with E-state index in [9.17, 15) is 13.2 Å². The first kappa shape index (κ1) is 19.7. The number of aromatic nitrogens is 1. The Bertz CT molecular complexity index is 833. The zero-order chi connectivity index (χ0) is 18.6. The third-order valence-corrected chi connectivity index (χ3v) is 5.13. The number of benzene rings is 1. The van der Waals surface area contributed by atoms with Crippen molar-refractivity contribution in [2.45, 2.75) is 26.3 Å². The van der Waals surface area contributed by atoms with E-state index in [0.29, 0.717) is 10.7 Å². The number of hydrogen-bond acceptors (Lipinski definition) is 5. The van der Waals surface area contributed by atoms with Crippen molar-refractivity contribution in [1.29, 1.82) is 0 Å². The lowest BCUT2D eigenvalue weighted by atomic mass is 9.96.